The standard InChI is InChI=1S/C15H16O/c1-12(16)11-15(14-9-5-6-10-14)13-7-3-2-4-8-13/h2-5,7-10,15H,6,11H2,1H3. The van der Waals surface area contributed by atoms with Gasteiger partial charge in [0.1, 0.15) is 5.78 Å². The van der Waals surface area contributed by atoms with Gasteiger partial charge in [0.05, 0.1) is 0 Å². The Morgan fingerprint density at radius 2 is 2.06 bits per heavy atom. The molecule has 1 nitrogen and oxygen atoms in total. The van der Waals surface area contributed by atoms with Crippen LogP contribution in [-0.2, 0) is 4.79 Å². The normalized spacial score (nSPS) is 15.9. The molecule has 0 aromatic heterocycles. The van der Waals surface area contributed by atoms with Gasteiger partial charge in [0.25, 0.3) is 0 Å². The second kappa shape index (κ2) is 4.93. The van der Waals surface area contributed by atoms with Gasteiger partial charge in [-0.3, -0.25) is 4.79 Å². The number of carbonyl (C=O) groups excluding carboxylic acids is 1. The summed E-state index contributed by atoms with van der Waals surface area (Å²) < 4.78 is 0. The van der Waals surface area contributed by atoms with Crippen molar-refractivity contribution in [2.45, 2.75) is 25.7 Å². The van der Waals surface area contributed by atoms with Gasteiger partial charge in [-0.15, -0.1) is 0 Å². The van der Waals surface area contributed by atoms with Crippen LogP contribution in [-0.4, -0.2) is 5.78 Å². The molecule has 0 bridgehead atoms. The topological polar surface area (TPSA) is 17.1 Å². The van der Waals surface area contributed by atoms with Gasteiger partial charge in [0.15, 0.2) is 0 Å². The Bertz CT molecular complexity index is 426. The molecular formula is C15H16O. The molecule has 0 saturated heterocycles. The molecule has 1 heteroatoms. The minimum Gasteiger partial charge on any atom is -0.300 e. The first kappa shape index (κ1) is 10.9. The summed E-state index contributed by atoms with van der Waals surface area (Å²) in [5.74, 6) is 0.479. The highest BCUT2D eigenvalue weighted by Crippen LogP contribution is 2.31. The van der Waals surface area contributed by atoms with Gasteiger partial charge in [-0.25, -0.2) is 0 Å². The van der Waals surface area contributed by atoms with Crippen molar-refractivity contribution < 1.29 is 4.79 Å². The quantitative estimate of drug-likeness (QED) is 0.744. The first-order valence-electron chi connectivity index (χ1n) is 5.68. The number of carbonyl (C=O) groups is 1. The van der Waals surface area contributed by atoms with E-state index in [2.05, 4.69) is 30.4 Å². The Kier molecular flexibility index (Phi) is 3.35. The average molecular weight is 212 g/mol. The second-order valence-electron chi connectivity index (χ2n) is 4.21. The first-order valence-corrected chi connectivity index (χ1v) is 5.68. The van der Waals surface area contributed by atoms with E-state index in [-0.39, 0.29) is 11.7 Å². The molecule has 1 atom stereocenters. The Labute approximate surface area is 96.5 Å². The van der Waals surface area contributed by atoms with Crippen LogP contribution in [0.2, 0.25) is 0 Å². The average Bonchev–Trinajstić information content (AvgIpc) is 2.80. The summed E-state index contributed by atoms with van der Waals surface area (Å²) in [6.45, 7) is 1.66. The molecule has 2 rings (SSSR count). The minimum atomic E-state index is 0.234. The Morgan fingerprint density at radius 3 is 2.62 bits per heavy atom. The molecule has 82 valence electrons. The first-order chi connectivity index (χ1) is 7.77. The minimum absolute atomic E-state index is 0.234. The zero-order chi connectivity index (χ0) is 11.4. The molecule has 1 unspecified atom stereocenters. The molecule has 1 aliphatic rings. The van der Waals surface area contributed by atoms with Crippen LogP contribution in [0.5, 0.6) is 0 Å². The molecule has 0 aliphatic heterocycles. The lowest BCUT2D eigenvalue weighted by molar-refractivity contribution is -0.117. The van der Waals surface area contributed by atoms with Crippen LogP contribution < -0.4 is 0 Å². The Morgan fingerprint density at radius 1 is 1.31 bits per heavy atom. The van der Waals surface area contributed by atoms with Crippen molar-refractivity contribution in [1.82, 2.24) is 0 Å². The SMILES string of the molecule is CC(=O)CC(C1=CCC=C1)c1ccccc1. The lowest BCUT2D eigenvalue weighted by atomic mass is 9.87. The number of Topliss-reactive ketones (excluding diaryl/α,β-unsaturated/α-hetero) is 1. The van der Waals surface area contributed by atoms with E-state index in [4.69, 9.17) is 0 Å². The monoisotopic (exact) mass is 212 g/mol. The fourth-order valence-corrected chi connectivity index (χ4v) is 2.14. The van der Waals surface area contributed by atoms with Crippen molar-refractivity contribution in [3.05, 3.63) is 59.7 Å². The van der Waals surface area contributed by atoms with Crippen molar-refractivity contribution in [1.29, 1.82) is 0 Å². The van der Waals surface area contributed by atoms with Crippen LogP contribution in [0.3, 0.4) is 0 Å². The van der Waals surface area contributed by atoms with Crippen LogP contribution in [0.15, 0.2) is 54.1 Å². The van der Waals surface area contributed by atoms with Gasteiger partial charge >= 0.3 is 0 Å². The van der Waals surface area contributed by atoms with E-state index in [0.717, 1.165) is 6.42 Å². The summed E-state index contributed by atoms with van der Waals surface area (Å²) >= 11 is 0. The van der Waals surface area contributed by atoms with E-state index in [9.17, 15) is 4.79 Å². The molecule has 0 saturated carbocycles. The predicted octanol–water partition coefficient (Wildman–Crippen LogP) is 3.64. The van der Waals surface area contributed by atoms with Gasteiger partial charge in [0, 0.05) is 12.3 Å². The third kappa shape index (κ3) is 2.48. The third-order valence-corrected chi connectivity index (χ3v) is 2.90. The van der Waals surface area contributed by atoms with E-state index in [1.807, 2.05) is 18.2 Å². The van der Waals surface area contributed by atoms with Crippen molar-refractivity contribution in [3.63, 3.8) is 0 Å². The van der Waals surface area contributed by atoms with Crippen molar-refractivity contribution in [2.75, 3.05) is 0 Å². The maximum atomic E-state index is 11.3. The van der Waals surface area contributed by atoms with Gasteiger partial charge in [-0.1, -0.05) is 48.6 Å². The smallest absolute Gasteiger partial charge is 0.130 e. The summed E-state index contributed by atoms with van der Waals surface area (Å²) in [6.07, 6.45) is 8.09. The van der Waals surface area contributed by atoms with Crippen LogP contribution in [0, 0.1) is 0 Å². The number of rotatable bonds is 4. The fraction of sp³-hybridized carbons (Fsp3) is 0.267. The Balaban J connectivity index is 2.28. The molecule has 16 heavy (non-hydrogen) atoms. The second-order valence-corrected chi connectivity index (χ2v) is 4.21. The van der Waals surface area contributed by atoms with E-state index in [1.54, 1.807) is 6.92 Å². The van der Waals surface area contributed by atoms with Crippen LogP contribution >= 0.6 is 0 Å². The van der Waals surface area contributed by atoms with Crippen LogP contribution in [0.4, 0.5) is 0 Å². The van der Waals surface area contributed by atoms with E-state index in [1.165, 1.54) is 11.1 Å². The summed E-state index contributed by atoms with van der Waals surface area (Å²) in [5.41, 5.74) is 2.51. The van der Waals surface area contributed by atoms with Gasteiger partial charge in [-0.05, 0) is 24.5 Å². The molecule has 0 heterocycles. The number of ketones is 1. The zero-order valence-electron chi connectivity index (χ0n) is 9.52. The molecule has 0 amide bonds. The van der Waals surface area contributed by atoms with E-state index >= 15 is 0 Å². The lowest BCUT2D eigenvalue weighted by Gasteiger charge is -2.16. The zero-order valence-corrected chi connectivity index (χ0v) is 9.52. The largest absolute Gasteiger partial charge is 0.300 e. The molecule has 0 fully saturated rings. The number of hydrogen-bond donors (Lipinski definition) is 0. The summed E-state index contributed by atoms with van der Waals surface area (Å²) in [7, 11) is 0. The predicted molar refractivity (Wildman–Crippen MR) is 66.3 cm³/mol. The number of allylic oxidation sites excluding steroid dienone is 4. The van der Waals surface area contributed by atoms with E-state index < -0.39 is 0 Å². The van der Waals surface area contributed by atoms with Gasteiger partial charge < -0.3 is 0 Å². The van der Waals surface area contributed by atoms with E-state index in [0.29, 0.717) is 6.42 Å². The number of benzene rings is 1. The molecule has 1 aromatic rings. The van der Waals surface area contributed by atoms with Crippen molar-refractivity contribution in [2.24, 2.45) is 0 Å². The molecular weight excluding hydrogens is 196 g/mol. The molecule has 0 spiro atoms. The van der Waals surface area contributed by atoms with Crippen molar-refractivity contribution >= 4 is 5.78 Å². The molecule has 1 aliphatic carbocycles. The number of hydrogen-bond acceptors (Lipinski definition) is 1. The molecule has 0 radical (unpaired) electrons. The highest BCUT2D eigenvalue weighted by molar-refractivity contribution is 5.77. The highest BCUT2D eigenvalue weighted by atomic mass is 16.1. The third-order valence-electron chi connectivity index (χ3n) is 2.90. The summed E-state index contributed by atoms with van der Waals surface area (Å²) in [5, 5.41) is 0. The lowest BCUT2D eigenvalue weighted by Crippen LogP contribution is -2.05. The van der Waals surface area contributed by atoms with Crippen LogP contribution in [0.1, 0.15) is 31.2 Å². The van der Waals surface area contributed by atoms with Crippen molar-refractivity contribution in [3.8, 4) is 0 Å². The van der Waals surface area contributed by atoms with Gasteiger partial charge in [-0.2, -0.15) is 0 Å². The summed E-state index contributed by atoms with van der Waals surface area (Å²) in [6, 6.07) is 10.3. The maximum Gasteiger partial charge on any atom is 0.130 e. The molecule has 0 N–H and O–H groups in total. The molecule has 1 aromatic carbocycles. The Hall–Kier alpha value is -1.63. The van der Waals surface area contributed by atoms with Crippen LogP contribution in [0.25, 0.3) is 0 Å². The fourth-order valence-electron chi connectivity index (χ4n) is 2.14. The highest BCUT2D eigenvalue weighted by Gasteiger charge is 2.17. The maximum absolute atomic E-state index is 11.3. The van der Waals surface area contributed by atoms with Gasteiger partial charge in [0.2, 0.25) is 0 Å². The summed E-state index contributed by atoms with van der Waals surface area (Å²) in [4.78, 5) is 11.3.